The SMILES string of the molecule is Cc1cc(C2NNC3CC4NC(=O)C(Br)CC4CC32)ccn1. The topological polar surface area (TPSA) is 66.0 Å². The summed E-state index contributed by atoms with van der Waals surface area (Å²) in [5.41, 5.74) is 9.29. The van der Waals surface area contributed by atoms with Crippen molar-refractivity contribution in [3.63, 3.8) is 0 Å². The van der Waals surface area contributed by atoms with E-state index in [0.29, 0.717) is 30.0 Å². The molecule has 3 N–H and O–H groups in total. The summed E-state index contributed by atoms with van der Waals surface area (Å²) in [4.78, 5) is 16.1. The fraction of sp³-hybridized carbons (Fsp3) is 0.625. The molecule has 1 saturated carbocycles. The number of hydrazine groups is 1. The number of piperidine rings is 1. The summed E-state index contributed by atoms with van der Waals surface area (Å²) in [5, 5.41) is 3.18. The molecule has 5 nitrogen and oxygen atoms in total. The van der Waals surface area contributed by atoms with Crippen molar-refractivity contribution in [3.8, 4) is 0 Å². The van der Waals surface area contributed by atoms with E-state index >= 15 is 0 Å². The fourth-order valence-corrected chi connectivity index (χ4v) is 4.94. The van der Waals surface area contributed by atoms with Gasteiger partial charge in [0.15, 0.2) is 0 Å². The smallest absolute Gasteiger partial charge is 0.234 e. The van der Waals surface area contributed by atoms with Gasteiger partial charge in [-0.2, -0.15) is 0 Å². The molecule has 3 aliphatic rings. The third-order valence-corrected chi connectivity index (χ3v) is 6.21. The monoisotopic (exact) mass is 364 g/mol. The van der Waals surface area contributed by atoms with Crippen molar-refractivity contribution in [1.82, 2.24) is 21.2 Å². The summed E-state index contributed by atoms with van der Waals surface area (Å²) < 4.78 is 0. The zero-order chi connectivity index (χ0) is 15.3. The van der Waals surface area contributed by atoms with Crippen molar-refractivity contribution < 1.29 is 4.79 Å². The largest absolute Gasteiger partial charge is 0.352 e. The number of aromatic nitrogens is 1. The average Bonchev–Trinajstić information content (AvgIpc) is 2.89. The summed E-state index contributed by atoms with van der Waals surface area (Å²) in [6.45, 7) is 2.03. The number of carbonyl (C=O) groups excluding carboxylic acids is 1. The lowest BCUT2D eigenvalue weighted by atomic mass is 9.69. The van der Waals surface area contributed by atoms with Gasteiger partial charge >= 0.3 is 0 Å². The molecule has 2 aliphatic heterocycles. The normalized spacial score (nSPS) is 40.7. The first-order valence-electron chi connectivity index (χ1n) is 8.00. The number of alkyl halides is 1. The van der Waals surface area contributed by atoms with E-state index in [1.165, 1.54) is 5.56 Å². The molecule has 1 aromatic rings. The van der Waals surface area contributed by atoms with E-state index < -0.39 is 0 Å². The van der Waals surface area contributed by atoms with Crippen molar-refractivity contribution >= 4 is 21.8 Å². The molecule has 118 valence electrons. The van der Waals surface area contributed by atoms with Crippen LogP contribution in [0.1, 0.15) is 36.6 Å². The highest BCUT2D eigenvalue weighted by molar-refractivity contribution is 9.10. The fourth-order valence-electron chi connectivity index (χ4n) is 4.33. The molecule has 1 aromatic heterocycles. The van der Waals surface area contributed by atoms with Crippen LogP contribution in [0, 0.1) is 18.8 Å². The molecule has 2 saturated heterocycles. The summed E-state index contributed by atoms with van der Waals surface area (Å²) in [5.74, 6) is 1.28. The summed E-state index contributed by atoms with van der Waals surface area (Å²) in [7, 11) is 0. The van der Waals surface area contributed by atoms with Crippen LogP contribution in [0.4, 0.5) is 0 Å². The van der Waals surface area contributed by atoms with Gasteiger partial charge in [0.2, 0.25) is 5.91 Å². The minimum absolute atomic E-state index is 0.0331. The molecule has 0 spiro atoms. The Bertz CT molecular complexity index is 595. The van der Waals surface area contributed by atoms with Gasteiger partial charge < -0.3 is 5.32 Å². The second kappa shape index (κ2) is 5.58. The number of hydrogen-bond donors (Lipinski definition) is 3. The Morgan fingerprint density at radius 1 is 1.23 bits per heavy atom. The third kappa shape index (κ3) is 2.47. The summed E-state index contributed by atoms with van der Waals surface area (Å²) in [6.07, 6.45) is 4.99. The van der Waals surface area contributed by atoms with E-state index in [9.17, 15) is 4.79 Å². The van der Waals surface area contributed by atoms with Gasteiger partial charge in [0.05, 0.1) is 10.9 Å². The number of halogens is 1. The third-order valence-electron chi connectivity index (χ3n) is 5.42. The Morgan fingerprint density at radius 2 is 2.09 bits per heavy atom. The zero-order valence-electron chi connectivity index (χ0n) is 12.6. The van der Waals surface area contributed by atoms with Gasteiger partial charge in [0.1, 0.15) is 0 Å². The van der Waals surface area contributed by atoms with E-state index in [4.69, 9.17) is 0 Å². The van der Waals surface area contributed by atoms with Gasteiger partial charge in [-0.25, -0.2) is 5.43 Å². The predicted molar refractivity (Wildman–Crippen MR) is 87.3 cm³/mol. The Morgan fingerprint density at radius 3 is 2.91 bits per heavy atom. The van der Waals surface area contributed by atoms with Crippen LogP contribution in [0.15, 0.2) is 18.3 Å². The quantitative estimate of drug-likeness (QED) is 0.662. The van der Waals surface area contributed by atoms with E-state index in [2.05, 4.69) is 49.2 Å². The highest BCUT2D eigenvalue weighted by Crippen LogP contribution is 2.43. The first-order valence-corrected chi connectivity index (χ1v) is 8.91. The van der Waals surface area contributed by atoms with Gasteiger partial charge in [0.25, 0.3) is 0 Å². The summed E-state index contributed by atoms with van der Waals surface area (Å²) >= 11 is 3.51. The minimum Gasteiger partial charge on any atom is -0.352 e. The predicted octanol–water partition coefficient (Wildman–Crippen LogP) is 1.59. The second-order valence-corrected chi connectivity index (χ2v) is 7.92. The molecule has 6 atom stereocenters. The molecular weight excluding hydrogens is 344 g/mol. The maximum atomic E-state index is 11.9. The van der Waals surface area contributed by atoms with Crippen molar-refractivity contribution in [2.75, 3.05) is 0 Å². The number of nitrogens with one attached hydrogen (secondary N) is 3. The van der Waals surface area contributed by atoms with Crippen LogP contribution in [-0.4, -0.2) is 27.8 Å². The molecule has 22 heavy (non-hydrogen) atoms. The van der Waals surface area contributed by atoms with Crippen molar-refractivity contribution in [1.29, 1.82) is 0 Å². The lowest BCUT2D eigenvalue weighted by Crippen LogP contribution is -2.56. The van der Waals surface area contributed by atoms with Crippen LogP contribution in [0.5, 0.6) is 0 Å². The van der Waals surface area contributed by atoms with Crippen molar-refractivity contribution in [3.05, 3.63) is 29.6 Å². The Kier molecular flexibility index (Phi) is 3.71. The molecule has 1 aliphatic carbocycles. The van der Waals surface area contributed by atoms with Crippen LogP contribution in [-0.2, 0) is 4.79 Å². The van der Waals surface area contributed by atoms with Crippen LogP contribution < -0.4 is 16.2 Å². The van der Waals surface area contributed by atoms with E-state index in [0.717, 1.165) is 25.0 Å². The van der Waals surface area contributed by atoms with Gasteiger partial charge in [0, 0.05) is 24.0 Å². The average molecular weight is 365 g/mol. The molecule has 4 rings (SSSR count). The molecule has 3 fully saturated rings. The second-order valence-electron chi connectivity index (χ2n) is 6.82. The lowest BCUT2D eigenvalue weighted by molar-refractivity contribution is -0.124. The first-order chi connectivity index (χ1) is 10.6. The minimum atomic E-state index is -0.0331. The molecule has 6 heteroatoms. The molecule has 0 bridgehead atoms. The van der Waals surface area contributed by atoms with E-state index in [1.807, 2.05) is 13.1 Å². The maximum Gasteiger partial charge on any atom is 0.234 e. The van der Waals surface area contributed by atoms with Gasteiger partial charge in [-0.1, -0.05) is 15.9 Å². The number of aryl methyl sites for hydroxylation is 1. The molecule has 3 heterocycles. The molecule has 0 radical (unpaired) electrons. The van der Waals surface area contributed by atoms with Gasteiger partial charge in [-0.15, -0.1) is 0 Å². The Labute approximate surface area is 138 Å². The first kappa shape index (κ1) is 14.6. The molecule has 6 unspecified atom stereocenters. The van der Waals surface area contributed by atoms with Crippen LogP contribution in [0.2, 0.25) is 0 Å². The number of carbonyl (C=O) groups is 1. The Balaban J connectivity index is 1.55. The number of hydrogen-bond acceptors (Lipinski definition) is 4. The van der Waals surface area contributed by atoms with Crippen LogP contribution in [0.25, 0.3) is 0 Å². The van der Waals surface area contributed by atoms with E-state index in [1.54, 1.807) is 0 Å². The number of amides is 1. The molecule has 0 aromatic carbocycles. The maximum absolute atomic E-state index is 11.9. The van der Waals surface area contributed by atoms with Crippen molar-refractivity contribution in [2.45, 2.75) is 49.1 Å². The summed E-state index contributed by atoms with van der Waals surface area (Å²) in [6, 6.07) is 5.35. The van der Waals surface area contributed by atoms with E-state index in [-0.39, 0.29) is 10.7 Å². The van der Waals surface area contributed by atoms with Gasteiger partial charge in [-0.3, -0.25) is 15.2 Å². The number of rotatable bonds is 1. The highest BCUT2D eigenvalue weighted by atomic mass is 79.9. The van der Waals surface area contributed by atoms with Crippen LogP contribution in [0.3, 0.4) is 0 Å². The zero-order valence-corrected chi connectivity index (χ0v) is 14.1. The number of fused-ring (bicyclic) bond motifs is 2. The van der Waals surface area contributed by atoms with Crippen LogP contribution >= 0.6 is 15.9 Å². The number of nitrogens with zero attached hydrogens (tertiary/aromatic N) is 1. The number of pyridine rings is 1. The Hall–Kier alpha value is -0.980. The van der Waals surface area contributed by atoms with Crippen molar-refractivity contribution in [2.24, 2.45) is 11.8 Å². The molecule has 1 amide bonds. The highest BCUT2D eigenvalue weighted by Gasteiger charge is 2.47. The standard InChI is InChI=1S/C16H21BrN4O/c1-8-4-9(2-3-18-8)15-11-5-10-6-12(17)16(22)19-13(10)7-14(11)20-21-15/h2-4,10-15,20-21H,5-7H2,1H3,(H,19,22). The molecular formula is C16H21BrN4O. The lowest BCUT2D eigenvalue weighted by Gasteiger charge is -2.43. The van der Waals surface area contributed by atoms with Gasteiger partial charge in [-0.05, 0) is 55.7 Å².